The molecule has 0 fully saturated rings. The van der Waals surface area contributed by atoms with Gasteiger partial charge in [-0.25, -0.2) is 0 Å². The molecule has 92 valence electrons. The maximum atomic E-state index is 5.65. The van der Waals surface area contributed by atoms with Gasteiger partial charge in [-0.15, -0.1) is 0 Å². The Bertz CT molecular complexity index is 147. The molecule has 0 heterocycles. The quantitative estimate of drug-likeness (QED) is 0.599. The first kappa shape index (κ1) is 14.9. The molecule has 0 saturated heterocycles. The van der Waals surface area contributed by atoms with Gasteiger partial charge in [0, 0.05) is 32.2 Å². The van der Waals surface area contributed by atoms with Crippen LogP contribution in [-0.4, -0.2) is 40.0 Å². The molecule has 0 aliphatic carbocycles. The fourth-order valence-corrected chi connectivity index (χ4v) is 1.22. The number of methoxy groups -OCH3 is 1. The summed E-state index contributed by atoms with van der Waals surface area (Å²) in [4.78, 5) is 0. The lowest BCUT2D eigenvalue weighted by molar-refractivity contribution is 0.0459. The van der Waals surface area contributed by atoms with Gasteiger partial charge in [0.15, 0.2) is 0 Å². The molecular formula is C12H27NO2. The van der Waals surface area contributed by atoms with Crippen molar-refractivity contribution in [2.75, 3.05) is 40.0 Å². The second kappa shape index (κ2) is 8.08. The van der Waals surface area contributed by atoms with Crippen LogP contribution in [0, 0.1) is 11.3 Å². The van der Waals surface area contributed by atoms with Crippen LogP contribution in [0.4, 0.5) is 0 Å². The molecule has 0 aliphatic rings. The zero-order valence-electron chi connectivity index (χ0n) is 10.9. The molecule has 0 spiro atoms. The normalized spacial score (nSPS) is 12.4. The van der Waals surface area contributed by atoms with Crippen LogP contribution >= 0.6 is 0 Å². The summed E-state index contributed by atoms with van der Waals surface area (Å²) in [5.41, 5.74) is 0.197. The van der Waals surface area contributed by atoms with Crippen molar-refractivity contribution >= 4 is 0 Å². The zero-order valence-corrected chi connectivity index (χ0v) is 10.9. The molecule has 0 amide bonds. The van der Waals surface area contributed by atoms with Gasteiger partial charge in [-0.3, -0.25) is 0 Å². The van der Waals surface area contributed by atoms with E-state index in [1.165, 1.54) is 0 Å². The number of hydrogen-bond acceptors (Lipinski definition) is 3. The van der Waals surface area contributed by atoms with Gasteiger partial charge in [0.05, 0.1) is 13.2 Å². The van der Waals surface area contributed by atoms with Crippen LogP contribution in [-0.2, 0) is 9.47 Å². The molecule has 1 N–H and O–H groups in total. The number of nitrogens with one attached hydrogen (secondary N) is 1. The highest BCUT2D eigenvalue weighted by Gasteiger charge is 2.17. The van der Waals surface area contributed by atoms with Crippen molar-refractivity contribution in [2.45, 2.75) is 27.7 Å². The number of rotatable bonds is 9. The monoisotopic (exact) mass is 217 g/mol. The van der Waals surface area contributed by atoms with E-state index in [1.54, 1.807) is 7.11 Å². The summed E-state index contributed by atoms with van der Waals surface area (Å²) >= 11 is 0. The Balaban J connectivity index is 3.48. The molecule has 0 aromatic rings. The van der Waals surface area contributed by atoms with E-state index in [0.29, 0.717) is 5.92 Å². The molecule has 0 atom stereocenters. The lowest BCUT2D eigenvalue weighted by atomic mass is 9.95. The van der Waals surface area contributed by atoms with Crippen LogP contribution in [0.25, 0.3) is 0 Å². The van der Waals surface area contributed by atoms with E-state index >= 15 is 0 Å². The fraction of sp³-hybridized carbons (Fsp3) is 1.00. The summed E-state index contributed by atoms with van der Waals surface area (Å²) in [6, 6.07) is 0. The van der Waals surface area contributed by atoms with Gasteiger partial charge in [-0.2, -0.15) is 0 Å². The van der Waals surface area contributed by atoms with Gasteiger partial charge < -0.3 is 14.8 Å². The number of hydrogen-bond donors (Lipinski definition) is 1. The zero-order chi connectivity index (χ0) is 11.7. The molecule has 0 aromatic carbocycles. The van der Waals surface area contributed by atoms with Crippen molar-refractivity contribution in [3.63, 3.8) is 0 Å². The first-order valence-corrected chi connectivity index (χ1v) is 5.75. The molecule has 0 unspecified atom stereocenters. The highest BCUT2D eigenvalue weighted by Crippen LogP contribution is 2.14. The van der Waals surface area contributed by atoms with Crippen LogP contribution in [0.5, 0.6) is 0 Å². The van der Waals surface area contributed by atoms with E-state index in [-0.39, 0.29) is 5.41 Å². The lowest BCUT2D eigenvalue weighted by Crippen LogP contribution is -2.35. The van der Waals surface area contributed by atoms with Crippen molar-refractivity contribution in [2.24, 2.45) is 11.3 Å². The molecular weight excluding hydrogens is 190 g/mol. The van der Waals surface area contributed by atoms with E-state index in [4.69, 9.17) is 9.47 Å². The molecule has 3 nitrogen and oxygen atoms in total. The van der Waals surface area contributed by atoms with Crippen LogP contribution < -0.4 is 5.32 Å². The van der Waals surface area contributed by atoms with E-state index in [9.17, 15) is 0 Å². The molecule has 0 aliphatic heterocycles. The van der Waals surface area contributed by atoms with Crippen LogP contribution in [0.1, 0.15) is 27.7 Å². The average Bonchev–Trinajstić information content (AvgIpc) is 2.11. The Morgan fingerprint density at radius 1 is 1.27 bits per heavy atom. The van der Waals surface area contributed by atoms with Gasteiger partial charge in [0.25, 0.3) is 0 Å². The van der Waals surface area contributed by atoms with Crippen molar-refractivity contribution in [3.8, 4) is 0 Å². The third kappa shape index (κ3) is 10.2. The van der Waals surface area contributed by atoms with Crippen LogP contribution in [0.3, 0.4) is 0 Å². The highest BCUT2D eigenvalue weighted by atomic mass is 16.5. The van der Waals surface area contributed by atoms with E-state index < -0.39 is 0 Å². The summed E-state index contributed by atoms with van der Waals surface area (Å²) < 4.78 is 10.6. The minimum Gasteiger partial charge on any atom is -0.383 e. The van der Waals surface area contributed by atoms with Gasteiger partial charge in [-0.05, 0) is 5.92 Å². The minimum absolute atomic E-state index is 0.197. The molecule has 0 saturated carbocycles. The van der Waals surface area contributed by atoms with Crippen molar-refractivity contribution < 1.29 is 9.47 Å². The Labute approximate surface area is 94.5 Å². The van der Waals surface area contributed by atoms with Crippen LogP contribution in [0.2, 0.25) is 0 Å². The van der Waals surface area contributed by atoms with E-state index in [0.717, 1.165) is 32.9 Å². The minimum atomic E-state index is 0.197. The first-order chi connectivity index (χ1) is 6.98. The Morgan fingerprint density at radius 2 is 1.93 bits per heavy atom. The Morgan fingerprint density at radius 3 is 2.47 bits per heavy atom. The van der Waals surface area contributed by atoms with Crippen molar-refractivity contribution in [3.05, 3.63) is 0 Å². The maximum Gasteiger partial charge on any atom is 0.0587 e. The fourth-order valence-electron chi connectivity index (χ4n) is 1.22. The molecule has 3 heteroatoms. The van der Waals surface area contributed by atoms with E-state index in [2.05, 4.69) is 33.0 Å². The molecule has 0 bridgehead atoms. The Kier molecular flexibility index (Phi) is 8.02. The third-order valence-electron chi connectivity index (χ3n) is 2.03. The highest BCUT2D eigenvalue weighted by molar-refractivity contribution is 4.70. The molecule has 15 heavy (non-hydrogen) atoms. The standard InChI is InChI=1S/C12H27NO2/c1-11(2)8-15-10-12(3,4)9-13-6-7-14-5/h11,13H,6-10H2,1-5H3. The smallest absolute Gasteiger partial charge is 0.0587 e. The maximum absolute atomic E-state index is 5.65. The summed E-state index contributed by atoms with van der Waals surface area (Å²) in [7, 11) is 1.72. The topological polar surface area (TPSA) is 30.5 Å². The second-order valence-electron chi connectivity index (χ2n) is 5.24. The first-order valence-electron chi connectivity index (χ1n) is 5.75. The van der Waals surface area contributed by atoms with Gasteiger partial charge in [-0.1, -0.05) is 27.7 Å². The van der Waals surface area contributed by atoms with Crippen molar-refractivity contribution in [1.82, 2.24) is 5.32 Å². The summed E-state index contributed by atoms with van der Waals surface area (Å²) in [6.45, 7) is 13.1. The van der Waals surface area contributed by atoms with Gasteiger partial charge in [0.1, 0.15) is 0 Å². The Hall–Kier alpha value is -0.120. The van der Waals surface area contributed by atoms with Gasteiger partial charge >= 0.3 is 0 Å². The predicted octanol–water partition coefficient (Wildman–Crippen LogP) is 1.92. The average molecular weight is 217 g/mol. The second-order valence-corrected chi connectivity index (χ2v) is 5.24. The van der Waals surface area contributed by atoms with Crippen LogP contribution in [0.15, 0.2) is 0 Å². The SMILES string of the molecule is COCCNCC(C)(C)COCC(C)C. The van der Waals surface area contributed by atoms with E-state index in [1.807, 2.05) is 0 Å². The summed E-state index contributed by atoms with van der Waals surface area (Å²) in [6.07, 6.45) is 0. The number of ether oxygens (including phenoxy) is 2. The summed E-state index contributed by atoms with van der Waals surface area (Å²) in [5, 5.41) is 3.36. The lowest BCUT2D eigenvalue weighted by Gasteiger charge is -2.25. The molecule has 0 rings (SSSR count). The predicted molar refractivity (Wildman–Crippen MR) is 64.2 cm³/mol. The largest absolute Gasteiger partial charge is 0.383 e. The molecule has 0 radical (unpaired) electrons. The third-order valence-corrected chi connectivity index (χ3v) is 2.03. The van der Waals surface area contributed by atoms with Gasteiger partial charge in [0.2, 0.25) is 0 Å². The summed E-state index contributed by atoms with van der Waals surface area (Å²) in [5.74, 6) is 0.613. The molecule has 0 aromatic heterocycles. The van der Waals surface area contributed by atoms with Crippen molar-refractivity contribution in [1.29, 1.82) is 0 Å².